The third kappa shape index (κ3) is 5.27. The van der Waals surface area contributed by atoms with Crippen molar-refractivity contribution in [2.24, 2.45) is 11.8 Å². The van der Waals surface area contributed by atoms with Crippen LogP contribution in [-0.4, -0.2) is 54.0 Å². The number of rotatable bonds is 9. The fourth-order valence-corrected chi connectivity index (χ4v) is 4.66. The lowest BCUT2D eigenvalue weighted by molar-refractivity contribution is -0.159. The van der Waals surface area contributed by atoms with Crippen LogP contribution in [0.3, 0.4) is 0 Å². The Labute approximate surface area is 194 Å². The summed E-state index contributed by atoms with van der Waals surface area (Å²) in [5.74, 6) is -0.654. The Morgan fingerprint density at radius 3 is 2.73 bits per heavy atom. The molecule has 4 rings (SSSR count). The number of carbonyl (C=O) groups excluding carboxylic acids is 4. The lowest BCUT2D eigenvalue weighted by Gasteiger charge is -2.33. The van der Waals surface area contributed by atoms with Crippen molar-refractivity contribution in [1.82, 2.24) is 10.2 Å². The van der Waals surface area contributed by atoms with Gasteiger partial charge in [0, 0.05) is 25.1 Å². The molecular formula is C25H32N2O6. The van der Waals surface area contributed by atoms with Crippen LogP contribution in [0.1, 0.15) is 67.4 Å². The number of nitrogens with one attached hydrogen (secondary N) is 1. The van der Waals surface area contributed by atoms with Crippen molar-refractivity contribution in [3.05, 3.63) is 34.9 Å². The van der Waals surface area contributed by atoms with Gasteiger partial charge in [-0.05, 0) is 55.2 Å². The largest absolute Gasteiger partial charge is 0.465 e. The maximum atomic E-state index is 12.9. The van der Waals surface area contributed by atoms with E-state index in [9.17, 15) is 19.2 Å². The number of aryl methyl sites for hydroxylation is 1. The first-order valence-electron chi connectivity index (χ1n) is 11.9. The van der Waals surface area contributed by atoms with Crippen molar-refractivity contribution in [2.45, 2.75) is 71.1 Å². The van der Waals surface area contributed by atoms with Gasteiger partial charge >= 0.3 is 5.97 Å². The highest BCUT2D eigenvalue weighted by molar-refractivity contribution is 6.05. The molecule has 178 valence electrons. The number of amides is 3. The molecule has 1 aliphatic carbocycles. The van der Waals surface area contributed by atoms with E-state index in [1.807, 2.05) is 26.0 Å². The first kappa shape index (κ1) is 23.4. The summed E-state index contributed by atoms with van der Waals surface area (Å²) in [6.07, 6.45) is 3.72. The second-order valence-corrected chi connectivity index (χ2v) is 9.63. The second kappa shape index (κ2) is 10.0. The molecule has 1 saturated heterocycles. The molecule has 1 N–H and O–H groups in total. The van der Waals surface area contributed by atoms with Crippen LogP contribution in [0.4, 0.5) is 0 Å². The van der Waals surface area contributed by atoms with Crippen LogP contribution >= 0.6 is 0 Å². The van der Waals surface area contributed by atoms with Gasteiger partial charge in [0.05, 0.1) is 18.6 Å². The predicted molar refractivity (Wildman–Crippen MR) is 119 cm³/mol. The van der Waals surface area contributed by atoms with Gasteiger partial charge in [-0.2, -0.15) is 0 Å². The predicted octanol–water partition coefficient (Wildman–Crippen LogP) is 2.37. The van der Waals surface area contributed by atoms with Gasteiger partial charge in [0.25, 0.3) is 5.91 Å². The van der Waals surface area contributed by atoms with Crippen LogP contribution < -0.4 is 5.32 Å². The smallest absolute Gasteiger partial charge is 0.309 e. The van der Waals surface area contributed by atoms with Gasteiger partial charge < -0.3 is 14.4 Å². The molecule has 2 fully saturated rings. The molecule has 1 saturated carbocycles. The Balaban J connectivity index is 1.23. The maximum Gasteiger partial charge on any atom is 0.309 e. The van der Waals surface area contributed by atoms with E-state index in [0.717, 1.165) is 24.0 Å². The highest BCUT2D eigenvalue weighted by Gasteiger charge is 2.40. The number of hydrogen-bond acceptors (Lipinski definition) is 6. The minimum absolute atomic E-state index is 0.0459. The van der Waals surface area contributed by atoms with E-state index in [4.69, 9.17) is 9.47 Å². The minimum atomic E-state index is -0.599. The SMILES string of the molecule is CC(C)COC(=O)[C@H]1C[C@@H](OCCCc2cccc3c2CN(C2CCC(=O)NC2=O)C3=O)C1. The topological polar surface area (TPSA) is 102 Å². The summed E-state index contributed by atoms with van der Waals surface area (Å²) in [6, 6.07) is 5.10. The van der Waals surface area contributed by atoms with Crippen molar-refractivity contribution in [2.75, 3.05) is 13.2 Å². The Morgan fingerprint density at radius 2 is 2.00 bits per heavy atom. The van der Waals surface area contributed by atoms with Crippen LogP contribution in [0.25, 0.3) is 0 Å². The summed E-state index contributed by atoms with van der Waals surface area (Å²) >= 11 is 0. The molecule has 1 unspecified atom stereocenters. The molecule has 1 atom stereocenters. The van der Waals surface area contributed by atoms with E-state index >= 15 is 0 Å². The summed E-state index contributed by atoms with van der Waals surface area (Å²) in [5.41, 5.74) is 2.69. The maximum absolute atomic E-state index is 12.9. The number of imide groups is 1. The number of ether oxygens (including phenoxy) is 2. The molecule has 3 amide bonds. The monoisotopic (exact) mass is 456 g/mol. The van der Waals surface area contributed by atoms with E-state index in [-0.39, 0.29) is 36.2 Å². The summed E-state index contributed by atoms with van der Waals surface area (Å²) < 4.78 is 11.2. The molecule has 33 heavy (non-hydrogen) atoms. The van der Waals surface area contributed by atoms with Gasteiger partial charge in [0.15, 0.2) is 0 Å². The molecule has 0 aromatic heterocycles. The van der Waals surface area contributed by atoms with Gasteiger partial charge in [-0.1, -0.05) is 26.0 Å². The molecule has 0 bridgehead atoms. The fraction of sp³-hybridized carbons (Fsp3) is 0.600. The van der Waals surface area contributed by atoms with Gasteiger partial charge in [0.2, 0.25) is 11.8 Å². The number of nitrogens with zero attached hydrogens (tertiary/aromatic N) is 1. The first-order valence-corrected chi connectivity index (χ1v) is 11.9. The molecule has 1 aromatic carbocycles. The van der Waals surface area contributed by atoms with Crippen molar-refractivity contribution < 1.29 is 28.7 Å². The van der Waals surface area contributed by atoms with E-state index in [2.05, 4.69) is 5.32 Å². The number of esters is 1. The first-order chi connectivity index (χ1) is 15.8. The zero-order valence-corrected chi connectivity index (χ0v) is 19.3. The van der Waals surface area contributed by atoms with Crippen molar-refractivity contribution in [1.29, 1.82) is 0 Å². The van der Waals surface area contributed by atoms with Crippen LogP contribution in [-0.2, 0) is 36.8 Å². The van der Waals surface area contributed by atoms with Crippen LogP contribution in [0.5, 0.6) is 0 Å². The highest BCUT2D eigenvalue weighted by atomic mass is 16.5. The number of carbonyl (C=O) groups is 4. The van der Waals surface area contributed by atoms with E-state index < -0.39 is 11.9 Å². The number of benzene rings is 1. The molecule has 0 spiro atoms. The number of piperidine rings is 1. The lowest BCUT2D eigenvalue weighted by atomic mass is 9.82. The number of fused-ring (bicyclic) bond motifs is 1. The summed E-state index contributed by atoms with van der Waals surface area (Å²) in [6.45, 7) is 5.48. The van der Waals surface area contributed by atoms with Crippen molar-refractivity contribution in [3.63, 3.8) is 0 Å². The van der Waals surface area contributed by atoms with E-state index in [1.54, 1.807) is 11.0 Å². The third-order valence-corrected chi connectivity index (χ3v) is 6.61. The van der Waals surface area contributed by atoms with E-state index in [0.29, 0.717) is 50.5 Å². The molecule has 8 heteroatoms. The van der Waals surface area contributed by atoms with Crippen molar-refractivity contribution >= 4 is 23.7 Å². The summed E-state index contributed by atoms with van der Waals surface area (Å²) in [7, 11) is 0. The van der Waals surface area contributed by atoms with Gasteiger partial charge in [-0.15, -0.1) is 0 Å². The zero-order chi connectivity index (χ0) is 23.5. The van der Waals surface area contributed by atoms with Gasteiger partial charge in [0.1, 0.15) is 6.04 Å². The molecule has 8 nitrogen and oxygen atoms in total. The summed E-state index contributed by atoms with van der Waals surface area (Å²) in [4.78, 5) is 50.1. The second-order valence-electron chi connectivity index (χ2n) is 9.63. The molecular weight excluding hydrogens is 424 g/mol. The van der Waals surface area contributed by atoms with E-state index in [1.165, 1.54) is 0 Å². The van der Waals surface area contributed by atoms with Crippen LogP contribution in [0, 0.1) is 11.8 Å². The standard InChI is InChI=1S/C25H32N2O6/c1-15(2)14-33-25(31)17-11-18(12-17)32-10-4-6-16-5-3-7-19-20(16)13-27(24(19)30)21-8-9-22(28)26-23(21)29/h3,5,7,15,17-18,21H,4,6,8-14H2,1-2H3,(H,26,28,29)/t17-,18+,21?. The zero-order valence-electron chi connectivity index (χ0n) is 19.3. The van der Waals surface area contributed by atoms with Gasteiger partial charge in [-0.3, -0.25) is 24.5 Å². The summed E-state index contributed by atoms with van der Waals surface area (Å²) in [5, 5.41) is 2.34. The van der Waals surface area contributed by atoms with Crippen molar-refractivity contribution in [3.8, 4) is 0 Å². The highest BCUT2D eigenvalue weighted by Crippen LogP contribution is 2.32. The Bertz CT molecular complexity index is 937. The minimum Gasteiger partial charge on any atom is -0.465 e. The Morgan fingerprint density at radius 1 is 1.21 bits per heavy atom. The average molecular weight is 457 g/mol. The molecule has 1 aromatic rings. The Kier molecular flexibility index (Phi) is 7.12. The fourth-order valence-electron chi connectivity index (χ4n) is 4.66. The van der Waals surface area contributed by atoms with Gasteiger partial charge in [-0.25, -0.2) is 0 Å². The van der Waals surface area contributed by atoms with Crippen LogP contribution in [0.2, 0.25) is 0 Å². The van der Waals surface area contributed by atoms with Crippen LogP contribution in [0.15, 0.2) is 18.2 Å². The molecule has 2 aliphatic heterocycles. The molecule has 3 aliphatic rings. The number of hydrogen-bond donors (Lipinski definition) is 1. The lowest BCUT2D eigenvalue weighted by Crippen LogP contribution is -2.52. The third-order valence-electron chi connectivity index (χ3n) is 6.61. The normalized spacial score (nSPS) is 24.5. The molecule has 0 radical (unpaired) electrons. The Hall–Kier alpha value is -2.74. The average Bonchev–Trinajstić information content (AvgIpc) is 3.07. The molecule has 2 heterocycles. The quantitative estimate of drug-likeness (QED) is 0.348.